The van der Waals surface area contributed by atoms with Gasteiger partial charge in [0.05, 0.1) is 25.8 Å². The molecule has 3 rings (SSSR count). The van der Waals surface area contributed by atoms with Crippen molar-refractivity contribution in [1.29, 1.82) is 5.41 Å². The Balaban J connectivity index is 2.37. The summed E-state index contributed by atoms with van der Waals surface area (Å²) in [6.07, 6.45) is -1.86. The quantitative estimate of drug-likeness (QED) is 0.242. The maximum absolute atomic E-state index is 13.7. The Hall–Kier alpha value is -2.22. The summed E-state index contributed by atoms with van der Waals surface area (Å²) in [7, 11) is -7.38. The van der Waals surface area contributed by atoms with Crippen LogP contribution in [0.15, 0.2) is 26.8 Å². The number of rotatable bonds is 8. The predicted octanol–water partition coefficient (Wildman–Crippen LogP) is 3.73. The summed E-state index contributed by atoms with van der Waals surface area (Å²) in [5.41, 5.74) is -3.53. The van der Waals surface area contributed by atoms with Crippen LogP contribution >= 0.6 is 0 Å². The zero-order valence-electron chi connectivity index (χ0n) is 28.7. The molecule has 4 atom stereocenters. The van der Waals surface area contributed by atoms with Crippen LogP contribution in [-0.2, 0) is 44.5 Å². The van der Waals surface area contributed by atoms with E-state index in [-0.39, 0.29) is 22.2 Å². The first-order valence-corrected chi connectivity index (χ1v) is 22.1. The van der Waals surface area contributed by atoms with Gasteiger partial charge in [0, 0.05) is 18.8 Å². The summed E-state index contributed by atoms with van der Waals surface area (Å²) in [4.78, 5) is 37.7. The summed E-state index contributed by atoms with van der Waals surface area (Å²) in [5, 5.41) is 8.75. The van der Waals surface area contributed by atoms with E-state index in [4.69, 9.17) is 17.8 Å². The molecule has 4 unspecified atom stereocenters. The van der Waals surface area contributed by atoms with Gasteiger partial charge < -0.3 is 23.7 Å². The standard InChI is InChI=1S/C29H49N3O10SSi2/c1-18-16-32(26(35)31(8)24(18)34)25-23(41-45(12,13)28(5,6)7)29(20(40-25)17-39-44(10,11)27(2,3)4)22(30)19(43(36,37)42-29)14-15-21(33)38-9/h14,16,20,23,25,30H,15,17H2,1-13H3/b19-14+,30-22?. The topological polar surface area (TPSA) is 165 Å². The van der Waals surface area contributed by atoms with Crippen LogP contribution < -0.4 is 11.2 Å². The van der Waals surface area contributed by atoms with Crippen molar-refractivity contribution >= 4 is 38.4 Å². The minimum Gasteiger partial charge on any atom is -0.469 e. The molecule has 0 saturated carbocycles. The van der Waals surface area contributed by atoms with Gasteiger partial charge in [-0.1, -0.05) is 47.6 Å². The summed E-state index contributed by atoms with van der Waals surface area (Å²) >= 11 is 0. The smallest absolute Gasteiger partial charge is 0.332 e. The molecule has 2 saturated heterocycles. The van der Waals surface area contributed by atoms with Crippen molar-refractivity contribution < 1.29 is 35.7 Å². The highest BCUT2D eigenvalue weighted by molar-refractivity contribution is 7.92. The molecule has 45 heavy (non-hydrogen) atoms. The van der Waals surface area contributed by atoms with Gasteiger partial charge in [0.2, 0.25) is 0 Å². The Labute approximate surface area is 267 Å². The minimum atomic E-state index is -4.61. The summed E-state index contributed by atoms with van der Waals surface area (Å²) < 4.78 is 60.1. The lowest BCUT2D eigenvalue weighted by Crippen LogP contribution is -2.60. The zero-order valence-corrected chi connectivity index (χ0v) is 31.5. The van der Waals surface area contributed by atoms with Crippen LogP contribution in [-0.4, -0.2) is 77.4 Å². The van der Waals surface area contributed by atoms with E-state index in [1.807, 2.05) is 47.0 Å². The van der Waals surface area contributed by atoms with Crippen LogP contribution in [0.25, 0.3) is 0 Å². The first kappa shape index (κ1) is 37.2. The molecule has 0 bridgehead atoms. The van der Waals surface area contributed by atoms with Crippen molar-refractivity contribution in [1.82, 2.24) is 9.13 Å². The van der Waals surface area contributed by atoms with E-state index in [0.717, 1.165) is 10.6 Å². The molecule has 0 radical (unpaired) electrons. The number of aryl methyl sites for hydroxylation is 1. The first-order chi connectivity index (χ1) is 20.2. The number of esters is 1. The van der Waals surface area contributed by atoms with E-state index in [1.165, 1.54) is 24.9 Å². The predicted molar refractivity (Wildman–Crippen MR) is 175 cm³/mol. The highest BCUT2D eigenvalue weighted by atomic mass is 32.2. The molecule has 1 spiro atoms. The van der Waals surface area contributed by atoms with E-state index in [1.54, 1.807) is 6.92 Å². The number of methoxy groups -OCH3 is 1. The summed E-state index contributed by atoms with van der Waals surface area (Å²) in [6, 6.07) is 0. The zero-order chi connectivity index (χ0) is 34.7. The molecule has 2 fully saturated rings. The molecule has 254 valence electrons. The number of nitrogens with one attached hydrogen (secondary N) is 1. The van der Waals surface area contributed by atoms with Crippen LogP contribution in [0, 0.1) is 12.3 Å². The van der Waals surface area contributed by atoms with Crippen LogP contribution in [0.5, 0.6) is 0 Å². The molecule has 1 N–H and O–H groups in total. The third-order valence-electron chi connectivity index (χ3n) is 9.69. The van der Waals surface area contributed by atoms with Crippen LogP contribution in [0.1, 0.15) is 59.8 Å². The molecule has 1 aromatic heterocycles. The molecular formula is C29H49N3O10SSi2. The molecule has 0 aliphatic carbocycles. The fourth-order valence-corrected chi connectivity index (χ4v) is 8.45. The number of carbonyl (C=O) groups excluding carboxylic acids is 1. The van der Waals surface area contributed by atoms with Crippen LogP contribution in [0.4, 0.5) is 0 Å². The molecule has 16 heteroatoms. The van der Waals surface area contributed by atoms with Gasteiger partial charge in [0.15, 0.2) is 28.5 Å². The van der Waals surface area contributed by atoms with E-state index in [2.05, 4.69) is 25.5 Å². The van der Waals surface area contributed by atoms with Gasteiger partial charge in [-0.15, -0.1) is 0 Å². The molecule has 2 aliphatic rings. The van der Waals surface area contributed by atoms with Crippen molar-refractivity contribution in [3.8, 4) is 0 Å². The highest BCUT2D eigenvalue weighted by Crippen LogP contribution is 2.52. The summed E-state index contributed by atoms with van der Waals surface area (Å²) in [6.45, 7) is 21.5. The molecule has 1 aromatic rings. The normalized spacial score (nSPS) is 26.6. The van der Waals surface area contributed by atoms with Crippen LogP contribution in [0.2, 0.25) is 36.3 Å². The minimum absolute atomic E-state index is 0.175. The van der Waals surface area contributed by atoms with E-state index >= 15 is 0 Å². The second-order valence-electron chi connectivity index (χ2n) is 14.8. The molecule has 13 nitrogen and oxygen atoms in total. The lowest BCUT2D eigenvalue weighted by atomic mass is 9.86. The molecular weight excluding hydrogens is 639 g/mol. The molecule has 2 aliphatic heterocycles. The Morgan fingerprint density at radius 1 is 1.09 bits per heavy atom. The number of nitrogens with zero attached hydrogens (tertiary/aromatic N) is 2. The number of aromatic nitrogens is 2. The van der Waals surface area contributed by atoms with Crippen LogP contribution in [0.3, 0.4) is 0 Å². The van der Waals surface area contributed by atoms with Gasteiger partial charge in [0.1, 0.15) is 17.1 Å². The third kappa shape index (κ3) is 6.64. The van der Waals surface area contributed by atoms with Crippen molar-refractivity contribution in [2.45, 2.75) is 115 Å². The number of hydrogen-bond acceptors (Lipinski definition) is 11. The maximum Gasteiger partial charge on any atom is 0.332 e. The fourth-order valence-electron chi connectivity index (χ4n) is 4.73. The lowest BCUT2D eigenvalue weighted by Gasteiger charge is -2.43. The largest absolute Gasteiger partial charge is 0.469 e. The Morgan fingerprint density at radius 3 is 2.16 bits per heavy atom. The summed E-state index contributed by atoms with van der Waals surface area (Å²) in [5.74, 6) is -0.703. The van der Waals surface area contributed by atoms with Gasteiger partial charge in [-0.3, -0.25) is 18.7 Å². The van der Waals surface area contributed by atoms with Crippen molar-refractivity contribution in [2.75, 3.05) is 13.7 Å². The average Bonchev–Trinajstić information content (AvgIpc) is 3.29. The Bertz CT molecular complexity index is 1620. The number of carbonyl (C=O) groups is 1. The highest BCUT2D eigenvalue weighted by Gasteiger charge is 2.70. The van der Waals surface area contributed by atoms with Gasteiger partial charge in [-0.2, -0.15) is 8.42 Å². The average molecular weight is 688 g/mol. The van der Waals surface area contributed by atoms with Gasteiger partial charge in [-0.05, 0) is 43.2 Å². The number of ether oxygens (including phenoxy) is 2. The van der Waals surface area contributed by atoms with Gasteiger partial charge in [0.25, 0.3) is 15.7 Å². The first-order valence-electron chi connectivity index (χ1n) is 14.8. The van der Waals surface area contributed by atoms with Crippen molar-refractivity contribution in [2.24, 2.45) is 7.05 Å². The fraction of sp³-hybridized carbons (Fsp3) is 0.724. The van der Waals surface area contributed by atoms with Gasteiger partial charge in [-0.25, -0.2) is 8.98 Å². The SMILES string of the molecule is COC(=O)C/C=C1\C(=N)C2(OS1(=O)=O)C(CO[Si](C)(C)C(C)(C)C)OC(n1cc(C)c(=O)n(C)c1=O)C2O[Si](C)(C)C(C)(C)C. The van der Waals surface area contributed by atoms with E-state index in [0.29, 0.717) is 0 Å². The second-order valence-corrected chi connectivity index (χ2v) is 25.9. The Morgan fingerprint density at radius 2 is 1.64 bits per heavy atom. The van der Waals surface area contributed by atoms with Gasteiger partial charge >= 0.3 is 11.7 Å². The molecule has 3 heterocycles. The van der Waals surface area contributed by atoms with Crippen molar-refractivity contribution in [3.63, 3.8) is 0 Å². The second kappa shape index (κ2) is 12.1. The third-order valence-corrected chi connectivity index (χ3v) is 20.0. The molecule has 0 amide bonds. The van der Waals surface area contributed by atoms with E-state index in [9.17, 15) is 28.2 Å². The van der Waals surface area contributed by atoms with Crippen molar-refractivity contribution in [3.05, 3.63) is 43.6 Å². The monoisotopic (exact) mass is 687 g/mol. The lowest BCUT2D eigenvalue weighted by molar-refractivity contribution is -0.139. The number of hydrogen-bond donors (Lipinski definition) is 1. The maximum atomic E-state index is 13.7. The molecule has 0 aromatic carbocycles. The van der Waals surface area contributed by atoms with E-state index < -0.39 is 85.0 Å². The Kier molecular flexibility index (Phi) is 10.0.